The van der Waals surface area contributed by atoms with Crippen LogP contribution in [-0.4, -0.2) is 0 Å². The Hall–Kier alpha value is 0.350. The van der Waals surface area contributed by atoms with E-state index in [0.717, 1.165) is 0 Å². The van der Waals surface area contributed by atoms with Gasteiger partial charge in [-0.1, -0.05) is 51.4 Å². The van der Waals surface area contributed by atoms with Crippen molar-refractivity contribution in [2.75, 3.05) is 0 Å². The van der Waals surface area contributed by atoms with E-state index >= 15 is 0 Å². The Morgan fingerprint density at radius 2 is 0.556 bits per heavy atom. The fraction of sp³-hybridized carbons (Fsp3) is 1.00. The summed E-state index contributed by atoms with van der Waals surface area (Å²) in [4.78, 5) is 0. The van der Waals surface area contributed by atoms with Crippen LogP contribution in [0.4, 0.5) is 0 Å². The minimum Gasteiger partial charge on any atom is -1.00 e. The maximum atomic E-state index is 1.50. The average molecular weight is 149 g/mol. The molecule has 0 aromatic heterocycles. The second kappa shape index (κ2) is 6.47. The van der Waals surface area contributed by atoms with E-state index < -0.39 is 0 Å². The Morgan fingerprint density at radius 3 is 0.556 bits per heavy atom. The molecule has 2 aliphatic rings. The molecule has 58 valence electrons. The van der Waals surface area contributed by atoms with Gasteiger partial charge < -0.3 is 1.43 Å². The van der Waals surface area contributed by atoms with Gasteiger partial charge in [0.05, 0.1) is 0 Å². The first kappa shape index (κ1) is 9.35. The highest BCUT2D eigenvalue weighted by Crippen LogP contribution is 2.15. The molecule has 0 N–H and O–H groups in total. The molecule has 0 atom stereocenters. The van der Waals surface area contributed by atoms with Gasteiger partial charge in [0.1, 0.15) is 0 Å². The van der Waals surface area contributed by atoms with Crippen LogP contribution in [0.3, 0.4) is 0 Å². The van der Waals surface area contributed by atoms with Crippen molar-refractivity contribution in [3.8, 4) is 0 Å². The van der Waals surface area contributed by atoms with E-state index in [0.29, 0.717) is 0 Å². The Kier molecular flexibility index (Phi) is 6.72. The lowest BCUT2D eigenvalue weighted by atomic mass is 10.0. The second-order valence-electron chi connectivity index (χ2n) is 2.83. The van der Waals surface area contributed by atoms with E-state index in [-0.39, 0.29) is 14.9 Å². The van der Waals surface area contributed by atoms with Crippen LogP contribution in [0.5, 0.6) is 0 Å². The Balaban J connectivity index is 0. The Labute approximate surface area is 67.0 Å². The van der Waals surface area contributed by atoms with Gasteiger partial charge >= 0.3 is 0 Å². The third-order valence-electron chi connectivity index (χ3n) is 2.00. The summed E-state index contributed by atoms with van der Waals surface area (Å²) in [6, 6.07) is 0. The predicted molar refractivity (Wildman–Crippen MR) is 48.4 cm³/mol. The summed E-state index contributed by atoms with van der Waals surface area (Å²) in [6.45, 7) is 0. The van der Waals surface area contributed by atoms with Crippen LogP contribution in [0, 0.1) is 0 Å². The first-order valence-corrected chi connectivity index (χ1v) is 4.00. The summed E-state index contributed by atoms with van der Waals surface area (Å²) in [6.07, 6.45) is 12.0. The molecule has 2 aliphatic carbocycles. The van der Waals surface area contributed by atoms with Gasteiger partial charge in [-0.05, 0) is 0 Å². The van der Waals surface area contributed by atoms with Gasteiger partial charge in [-0.25, -0.2) is 0 Å². The van der Waals surface area contributed by atoms with Crippen molar-refractivity contribution in [2.45, 2.75) is 51.4 Å². The molecule has 0 bridgehead atoms. The normalized spacial score (nSPS) is 21.3. The molecule has 0 radical (unpaired) electrons. The van der Waals surface area contributed by atoms with Crippen LogP contribution in [0.25, 0.3) is 0 Å². The maximum absolute atomic E-state index is 1.50. The van der Waals surface area contributed by atoms with Crippen molar-refractivity contribution in [3.63, 3.8) is 0 Å². The molecule has 0 aromatic carbocycles. The summed E-state index contributed by atoms with van der Waals surface area (Å²) < 4.78 is 0. The molecule has 0 aromatic rings. The molecule has 2 rings (SSSR count). The summed E-state index contributed by atoms with van der Waals surface area (Å²) >= 11 is 0. The lowest BCUT2D eigenvalue weighted by Gasteiger charge is -2.05. The molecule has 0 spiro atoms. The third-order valence-corrected chi connectivity index (χ3v) is 2.00. The lowest BCUT2D eigenvalue weighted by Crippen LogP contribution is -1.85. The highest BCUT2D eigenvalue weighted by atomic mass is 32.1. The minimum absolute atomic E-state index is 0. The molecular weight excluding hydrogens is 128 g/mol. The van der Waals surface area contributed by atoms with Gasteiger partial charge in [0.15, 0.2) is 0 Å². The number of hydrogen-bond acceptors (Lipinski definition) is 0. The van der Waals surface area contributed by atoms with Gasteiger partial charge in [0, 0.05) is 0 Å². The van der Waals surface area contributed by atoms with E-state index in [1.165, 1.54) is 51.4 Å². The van der Waals surface area contributed by atoms with Crippen molar-refractivity contribution in [3.05, 3.63) is 0 Å². The van der Waals surface area contributed by atoms with Crippen LogP contribution in [0.15, 0.2) is 0 Å². The smallest absolute Gasteiger partial charge is 0.0533 e. The van der Waals surface area contributed by atoms with E-state index in [1.807, 2.05) is 0 Å². The third kappa shape index (κ3) is 4.83. The van der Waals surface area contributed by atoms with Crippen molar-refractivity contribution < 1.29 is 1.43 Å². The summed E-state index contributed by atoms with van der Waals surface area (Å²) in [5, 5.41) is 0. The topological polar surface area (TPSA) is 0 Å². The van der Waals surface area contributed by atoms with E-state index in [2.05, 4.69) is 0 Å². The fourth-order valence-corrected chi connectivity index (χ4v) is 0.500. The SMILES string of the molecule is C1CCC1.C1CCC1.S.[3H-]. The van der Waals surface area contributed by atoms with Crippen LogP contribution < -0.4 is 0 Å². The van der Waals surface area contributed by atoms with E-state index in [1.54, 1.807) is 0 Å². The van der Waals surface area contributed by atoms with Crippen molar-refractivity contribution in [2.24, 2.45) is 0 Å². The summed E-state index contributed by atoms with van der Waals surface area (Å²) in [5.41, 5.74) is 0. The Bertz CT molecular complexity index is 33.2. The molecule has 2 saturated carbocycles. The average Bonchev–Trinajstić information content (AvgIpc) is 1.12. The monoisotopic (exact) mass is 149 g/mol. The molecule has 0 unspecified atom stereocenters. The fourth-order valence-electron chi connectivity index (χ4n) is 0.500. The zero-order chi connectivity index (χ0) is 5.66. The van der Waals surface area contributed by atoms with Crippen molar-refractivity contribution in [1.29, 1.82) is 0 Å². The largest absolute Gasteiger partial charge is 1.00 e. The quantitative estimate of drug-likeness (QED) is 0.495. The molecule has 0 amide bonds. The molecule has 1 heteroatoms. The van der Waals surface area contributed by atoms with Crippen LogP contribution in [0.1, 0.15) is 52.8 Å². The highest BCUT2D eigenvalue weighted by Gasteiger charge is 1.95. The van der Waals surface area contributed by atoms with E-state index in [4.69, 9.17) is 0 Å². The number of rotatable bonds is 0. The van der Waals surface area contributed by atoms with Gasteiger partial charge in [-0.3, -0.25) is 0 Å². The van der Waals surface area contributed by atoms with Gasteiger partial charge in [0.2, 0.25) is 0 Å². The minimum atomic E-state index is 0. The van der Waals surface area contributed by atoms with Crippen molar-refractivity contribution in [1.82, 2.24) is 0 Å². The zero-order valence-corrected chi connectivity index (χ0v) is 7.16. The standard InChI is InChI=1S/2C4H8.H2S.H/c2*1-2-4-3-1;;/h2*1-4H2;1H2;/q;;;-1/i;;;1+2. The predicted octanol–water partition coefficient (Wildman–Crippen LogP) is 3.35. The molecule has 9 heavy (non-hydrogen) atoms. The van der Waals surface area contributed by atoms with E-state index in [9.17, 15) is 0 Å². The van der Waals surface area contributed by atoms with Crippen LogP contribution in [0.2, 0.25) is 0 Å². The zero-order valence-electron chi connectivity index (χ0n) is 7.16. The highest BCUT2D eigenvalue weighted by molar-refractivity contribution is 7.59. The van der Waals surface area contributed by atoms with Crippen LogP contribution >= 0.6 is 13.5 Å². The lowest BCUT2D eigenvalue weighted by molar-refractivity contribution is 0.504. The molecular formula is C8H19S-. The molecule has 0 saturated heterocycles. The van der Waals surface area contributed by atoms with Crippen LogP contribution in [-0.2, 0) is 0 Å². The summed E-state index contributed by atoms with van der Waals surface area (Å²) in [7, 11) is 0. The molecule has 0 heterocycles. The van der Waals surface area contributed by atoms with Gasteiger partial charge in [-0.15, -0.1) is 0 Å². The van der Waals surface area contributed by atoms with Crippen molar-refractivity contribution >= 4 is 13.5 Å². The first-order chi connectivity index (χ1) is 4.00. The van der Waals surface area contributed by atoms with Gasteiger partial charge in [0.25, 0.3) is 0 Å². The summed E-state index contributed by atoms with van der Waals surface area (Å²) in [5.74, 6) is 0. The maximum Gasteiger partial charge on any atom is -0.0533 e. The molecule has 0 aliphatic heterocycles. The molecule has 2 fully saturated rings. The van der Waals surface area contributed by atoms with Gasteiger partial charge in [-0.2, -0.15) is 13.5 Å². The first-order valence-electron chi connectivity index (χ1n) is 4.00. The molecule has 0 nitrogen and oxygen atoms in total. The second-order valence-corrected chi connectivity index (χ2v) is 2.83. The Morgan fingerprint density at radius 1 is 0.444 bits per heavy atom. The number of hydrogen-bond donors (Lipinski definition) is 0.